The second kappa shape index (κ2) is 31.1. The Morgan fingerprint density at radius 1 is 0.554 bits per heavy atom. The number of carbonyl (C=O) groups excluding carboxylic acids is 2. The second-order valence-corrected chi connectivity index (χ2v) is 24.5. The minimum atomic E-state index is -0.0104. The van der Waals surface area contributed by atoms with Gasteiger partial charge in [0, 0.05) is 30.1 Å². The van der Waals surface area contributed by atoms with Gasteiger partial charge in [0.2, 0.25) is 0 Å². The number of likely N-dealkylation sites (tertiary alicyclic amines) is 1. The number of oxazole rings is 3. The van der Waals surface area contributed by atoms with Crippen LogP contribution in [0.5, 0.6) is 0 Å². The van der Waals surface area contributed by atoms with E-state index in [0.717, 1.165) is 125 Å². The number of rotatable bonds is 15. The molecule has 0 aliphatic carbocycles. The summed E-state index contributed by atoms with van der Waals surface area (Å²) in [5.41, 5.74) is 15.4. The molecule has 12 rings (SSSR count). The van der Waals surface area contributed by atoms with Crippen LogP contribution in [-0.2, 0) is 24.7 Å². The molecular formula is C68H72BrI2N7O5. The van der Waals surface area contributed by atoms with Crippen molar-refractivity contribution in [2.24, 2.45) is 11.8 Å². The smallest absolute Gasteiger partial charge is 0.251 e. The van der Waals surface area contributed by atoms with Crippen LogP contribution in [0.1, 0.15) is 124 Å². The number of aryl methyl sites for hydroxylation is 1. The van der Waals surface area contributed by atoms with Crippen molar-refractivity contribution in [1.29, 1.82) is 0 Å². The third-order valence-corrected chi connectivity index (χ3v) is 17.5. The molecule has 0 radical (unpaired) electrons. The Morgan fingerprint density at radius 2 is 0.964 bits per heavy atom. The molecule has 3 aromatic heterocycles. The van der Waals surface area contributed by atoms with Crippen LogP contribution in [-0.4, -0.2) is 57.8 Å². The zero-order valence-corrected chi connectivity index (χ0v) is 53.2. The Labute approximate surface area is 522 Å². The van der Waals surface area contributed by atoms with Gasteiger partial charge in [-0.1, -0.05) is 96.5 Å². The number of piperidine rings is 2. The molecular weight excluding hydrogens is 1330 g/mol. The van der Waals surface area contributed by atoms with Crippen LogP contribution in [0.25, 0.3) is 33.3 Å². The Balaban J connectivity index is 0.000000151. The molecule has 2 aliphatic rings. The lowest BCUT2D eigenvalue weighted by Gasteiger charge is -2.32. The molecule has 83 heavy (non-hydrogen) atoms. The molecule has 2 aliphatic heterocycles. The quantitative estimate of drug-likeness (QED) is 0.0668. The summed E-state index contributed by atoms with van der Waals surface area (Å²) in [5, 5.41) is 10.6. The molecule has 12 nitrogen and oxygen atoms in total. The van der Waals surface area contributed by atoms with Crippen molar-refractivity contribution in [3.05, 3.63) is 228 Å². The van der Waals surface area contributed by atoms with Crippen molar-refractivity contribution in [2.75, 3.05) is 26.2 Å². The highest BCUT2D eigenvalue weighted by Gasteiger charge is 2.21. The summed E-state index contributed by atoms with van der Waals surface area (Å²) < 4.78 is 18.1. The molecule has 2 atom stereocenters. The minimum absolute atomic E-state index is 0.00353. The van der Waals surface area contributed by atoms with E-state index in [1.54, 1.807) is 0 Å². The highest BCUT2D eigenvalue weighted by Crippen LogP contribution is 2.26. The van der Waals surface area contributed by atoms with Gasteiger partial charge in [0.1, 0.15) is 16.6 Å². The summed E-state index contributed by atoms with van der Waals surface area (Å²) in [6.07, 6.45) is 13.2. The molecule has 430 valence electrons. The van der Waals surface area contributed by atoms with Crippen molar-refractivity contribution >= 4 is 106 Å². The fraction of sp³-hybridized carbons (Fsp3) is 0.309. The van der Waals surface area contributed by atoms with E-state index >= 15 is 0 Å². The maximum Gasteiger partial charge on any atom is 0.251 e. The normalized spacial score (nSPS) is 14.6. The number of aromatic nitrogens is 3. The molecule has 7 aromatic carbocycles. The zero-order valence-electron chi connectivity index (χ0n) is 47.3. The van der Waals surface area contributed by atoms with E-state index in [9.17, 15) is 9.59 Å². The van der Waals surface area contributed by atoms with E-state index in [4.69, 9.17) is 13.3 Å². The predicted molar refractivity (Wildman–Crippen MR) is 353 cm³/mol. The molecule has 15 heteroatoms. The summed E-state index contributed by atoms with van der Waals surface area (Å²) >= 11 is 7.97. The summed E-state index contributed by atoms with van der Waals surface area (Å²) in [6.45, 7) is 11.7. The third-order valence-electron chi connectivity index (χ3n) is 15.5. The van der Waals surface area contributed by atoms with Gasteiger partial charge in [0.25, 0.3) is 11.8 Å². The van der Waals surface area contributed by atoms with Crippen molar-refractivity contribution in [3.8, 4) is 0 Å². The SMILES string of the molecule is BrCc1ccc2ncoc2c1.CCC(NC(=O)c1ccc(CC2CCN(Cc3ccc4ncoc4c3)CC2)cc1)c1ccc(I)cc1.CC[C@@H](NC(=O)c1ccc(CC2CCNCC2)cc1)c1ccc(I)cc1.Cc1ccc2ncoc2c1. The largest absolute Gasteiger partial charge is 0.443 e. The topological polar surface area (TPSA) is 152 Å². The predicted octanol–water partition coefficient (Wildman–Crippen LogP) is 16.3. The van der Waals surface area contributed by atoms with E-state index in [0.29, 0.717) is 5.92 Å². The minimum Gasteiger partial charge on any atom is -0.443 e. The first-order valence-electron chi connectivity index (χ1n) is 28.7. The van der Waals surface area contributed by atoms with E-state index < -0.39 is 0 Å². The molecule has 2 saturated heterocycles. The van der Waals surface area contributed by atoms with Crippen LogP contribution >= 0.6 is 61.1 Å². The van der Waals surface area contributed by atoms with Gasteiger partial charge in [0.15, 0.2) is 35.9 Å². The molecule has 3 N–H and O–H groups in total. The standard InChI is InChI=1S/C30H32IN3O2.C22H27IN2O.C8H6BrNO.C8H7NO/c1-2-27(24-8-10-26(31)11-9-24)33-30(35)25-6-3-21(4-7-25)17-22-13-15-34(16-14-22)19-23-5-12-28-29(18-23)36-20-32-28;1-2-21(18-7-9-20(23)10-8-18)25-22(26)19-5-3-16(4-6-19)15-17-11-13-24-14-12-17;9-4-6-1-2-7-8(3-6)11-5-10-7;1-6-2-3-7-8(4-6)10-5-9-7/h3-12,18,20,22,27H,2,13-17,19H2,1H3,(H,33,35);3-10,17,21,24H,2,11-15H2,1H3,(H,25,26);1-3,5H,4H2;2-5H,1H3/t;21-;;/m.1../s1. The zero-order chi connectivity index (χ0) is 57.9. The summed E-state index contributed by atoms with van der Waals surface area (Å²) in [6, 6.07) is 51.4. The number of nitrogens with one attached hydrogen (secondary N) is 3. The number of carbonyl (C=O) groups is 2. The maximum absolute atomic E-state index is 12.9. The van der Waals surface area contributed by atoms with E-state index in [2.05, 4.69) is 196 Å². The van der Waals surface area contributed by atoms with Gasteiger partial charge in [0.05, 0.1) is 12.1 Å². The number of alkyl halides is 1. The lowest BCUT2D eigenvalue weighted by molar-refractivity contribution is 0.0927. The molecule has 0 saturated carbocycles. The second-order valence-electron chi connectivity index (χ2n) is 21.5. The van der Waals surface area contributed by atoms with Crippen molar-refractivity contribution in [3.63, 3.8) is 0 Å². The molecule has 0 spiro atoms. The van der Waals surface area contributed by atoms with Gasteiger partial charge in [-0.15, -0.1) is 0 Å². The van der Waals surface area contributed by atoms with E-state index in [1.165, 1.54) is 79.8 Å². The molecule has 5 heterocycles. The van der Waals surface area contributed by atoms with Gasteiger partial charge < -0.3 is 29.2 Å². The number of benzene rings is 7. The highest BCUT2D eigenvalue weighted by atomic mass is 127. The number of hydrogen-bond donors (Lipinski definition) is 3. The Bertz CT molecular complexity index is 3610. The highest BCUT2D eigenvalue weighted by molar-refractivity contribution is 14.1. The average Bonchev–Trinajstić information content (AvgIpc) is 4.36. The van der Waals surface area contributed by atoms with Gasteiger partial charge >= 0.3 is 0 Å². The summed E-state index contributed by atoms with van der Waals surface area (Å²) in [5.74, 6) is 1.44. The average molecular weight is 1400 g/mol. The molecule has 1 unspecified atom stereocenters. The fourth-order valence-electron chi connectivity index (χ4n) is 10.6. The Kier molecular flexibility index (Phi) is 22.9. The number of amides is 2. The van der Waals surface area contributed by atoms with Crippen LogP contribution in [0.3, 0.4) is 0 Å². The summed E-state index contributed by atoms with van der Waals surface area (Å²) in [7, 11) is 0. The van der Waals surface area contributed by atoms with Gasteiger partial charge in [-0.2, -0.15) is 0 Å². The number of nitrogens with zero attached hydrogens (tertiary/aromatic N) is 4. The molecule has 2 fully saturated rings. The lowest BCUT2D eigenvalue weighted by Crippen LogP contribution is -2.33. The Morgan fingerprint density at radius 3 is 1.42 bits per heavy atom. The van der Waals surface area contributed by atoms with Gasteiger partial charge in [-0.3, -0.25) is 14.5 Å². The first-order valence-corrected chi connectivity index (χ1v) is 32.0. The van der Waals surface area contributed by atoms with Crippen molar-refractivity contribution in [1.82, 2.24) is 35.8 Å². The molecule has 10 aromatic rings. The van der Waals surface area contributed by atoms with Gasteiger partial charge in [-0.25, -0.2) is 15.0 Å². The molecule has 0 bridgehead atoms. The molecule has 2 amide bonds. The first-order chi connectivity index (χ1) is 40.5. The van der Waals surface area contributed by atoms with Crippen molar-refractivity contribution in [2.45, 2.75) is 96.1 Å². The number of fused-ring (bicyclic) bond motifs is 3. The monoisotopic (exact) mass is 1400 g/mol. The van der Waals surface area contributed by atoms with Crippen LogP contribution in [0.2, 0.25) is 0 Å². The maximum atomic E-state index is 12.9. The number of hydrogen-bond acceptors (Lipinski definition) is 10. The first kappa shape index (κ1) is 61.3. The van der Waals surface area contributed by atoms with Crippen LogP contribution in [0, 0.1) is 25.9 Å². The third kappa shape index (κ3) is 18.1. The van der Waals surface area contributed by atoms with Crippen molar-refractivity contribution < 1.29 is 22.8 Å². The fourth-order valence-corrected chi connectivity index (χ4v) is 11.7. The van der Waals surface area contributed by atoms with Gasteiger partial charge in [-0.05, 0) is 265 Å². The van der Waals surface area contributed by atoms with Crippen LogP contribution < -0.4 is 16.0 Å². The number of halogens is 3. The van der Waals surface area contributed by atoms with Crippen LogP contribution in [0.4, 0.5) is 0 Å². The lowest BCUT2D eigenvalue weighted by atomic mass is 9.89. The van der Waals surface area contributed by atoms with E-state index in [-0.39, 0.29) is 23.9 Å². The van der Waals surface area contributed by atoms with E-state index in [1.807, 2.05) is 73.7 Å². The van der Waals surface area contributed by atoms with Crippen LogP contribution in [0.15, 0.2) is 184 Å². The summed E-state index contributed by atoms with van der Waals surface area (Å²) in [4.78, 5) is 40.2. The Hall–Kier alpha value is -6.25.